The second kappa shape index (κ2) is 76.4. The molecule has 0 aromatic rings. The van der Waals surface area contributed by atoms with Crippen LogP contribution in [0, 0.1) is 11.8 Å². The van der Waals surface area contributed by atoms with Crippen molar-refractivity contribution >= 4 is 39.5 Å². The Balaban J connectivity index is 5.25. The van der Waals surface area contributed by atoms with Crippen LogP contribution in [0.1, 0.15) is 452 Å². The molecule has 618 valence electrons. The minimum atomic E-state index is -4.97. The third-order valence-corrected chi connectivity index (χ3v) is 21.9. The number of unbranched alkanes of at least 4 members (excludes halogenated alkanes) is 54. The van der Waals surface area contributed by atoms with E-state index in [1.807, 2.05) is 0 Å². The molecule has 0 aromatic heterocycles. The lowest BCUT2D eigenvalue weighted by Crippen LogP contribution is -2.30. The molecule has 3 N–H and O–H groups in total. The van der Waals surface area contributed by atoms with Gasteiger partial charge in [0.1, 0.15) is 19.3 Å². The van der Waals surface area contributed by atoms with Gasteiger partial charge in [0.05, 0.1) is 26.4 Å². The maximum absolute atomic E-state index is 13.1. The lowest BCUT2D eigenvalue weighted by Gasteiger charge is -2.21. The van der Waals surface area contributed by atoms with Gasteiger partial charge >= 0.3 is 39.5 Å². The summed E-state index contributed by atoms with van der Waals surface area (Å²) in [5, 5.41) is 10.7. The van der Waals surface area contributed by atoms with E-state index in [4.69, 9.17) is 37.0 Å². The van der Waals surface area contributed by atoms with Crippen molar-refractivity contribution in [1.82, 2.24) is 0 Å². The summed E-state index contributed by atoms with van der Waals surface area (Å²) in [6.45, 7) is 9.65. The molecule has 0 saturated carbocycles. The number of hydrogen-bond acceptors (Lipinski definition) is 15. The van der Waals surface area contributed by atoms with E-state index in [-0.39, 0.29) is 25.7 Å². The van der Waals surface area contributed by atoms with Crippen molar-refractivity contribution in [3.05, 3.63) is 0 Å². The van der Waals surface area contributed by atoms with Crippen molar-refractivity contribution in [2.75, 3.05) is 39.6 Å². The van der Waals surface area contributed by atoms with E-state index >= 15 is 0 Å². The van der Waals surface area contributed by atoms with Crippen molar-refractivity contribution in [2.24, 2.45) is 11.8 Å². The molecule has 0 spiro atoms. The van der Waals surface area contributed by atoms with Gasteiger partial charge in [0.2, 0.25) is 0 Å². The number of hydrogen-bond donors (Lipinski definition) is 3. The van der Waals surface area contributed by atoms with Crippen LogP contribution < -0.4 is 0 Å². The van der Waals surface area contributed by atoms with Gasteiger partial charge in [-0.15, -0.1) is 0 Å². The maximum Gasteiger partial charge on any atom is 0.472 e. The van der Waals surface area contributed by atoms with Crippen LogP contribution in [0.5, 0.6) is 0 Å². The number of esters is 4. The number of phosphoric acid groups is 2. The van der Waals surface area contributed by atoms with Gasteiger partial charge in [0.25, 0.3) is 0 Å². The summed E-state index contributed by atoms with van der Waals surface area (Å²) in [6.07, 6.45) is 68.1. The van der Waals surface area contributed by atoms with Gasteiger partial charge in [-0.25, -0.2) is 9.13 Å². The average molecular weight is 1520 g/mol. The molecule has 2 unspecified atom stereocenters. The van der Waals surface area contributed by atoms with Crippen LogP contribution in [0.15, 0.2) is 0 Å². The lowest BCUT2D eigenvalue weighted by molar-refractivity contribution is -0.161. The van der Waals surface area contributed by atoms with Crippen molar-refractivity contribution in [3.63, 3.8) is 0 Å². The highest BCUT2D eigenvalue weighted by Crippen LogP contribution is 2.45. The zero-order valence-electron chi connectivity index (χ0n) is 68.3. The van der Waals surface area contributed by atoms with Crippen LogP contribution >= 0.6 is 15.6 Å². The minimum absolute atomic E-state index is 0.106. The first kappa shape index (κ1) is 102. The first-order valence-corrected chi connectivity index (χ1v) is 47.0. The SMILES string of the molecule is CCCCCCCCCCCCCCCCCCCCCC(=O)OC[C@H](COP(=O)(O)OC[C@@H](O)COP(=O)(O)OC[C@@H](COC(=O)CCCCCCCCCCCC(C)C)OC(=O)CCCCCCCCCCCCCC(C)C)OC(=O)CCCCCCCCCCCCCCCCCCCCC. The van der Waals surface area contributed by atoms with E-state index in [2.05, 4.69) is 41.5 Å². The van der Waals surface area contributed by atoms with Crippen molar-refractivity contribution in [3.8, 4) is 0 Å². The molecule has 104 heavy (non-hydrogen) atoms. The van der Waals surface area contributed by atoms with Crippen LogP contribution in [0.4, 0.5) is 0 Å². The summed E-state index contributed by atoms with van der Waals surface area (Å²) in [4.78, 5) is 73.2. The Labute approximate surface area is 638 Å². The topological polar surface area (TPSA) is 237 Å². The number of rotatable bonds is 84. The summed E-state index contributed by atoms with van der Waals surface area (Å²) < 4.78 is 68.9. The van der Waals surface area contributed by atoms with E-state index in [1.54, 1.807) is 0 Å². The Bertz CT molecular complexity index is 1990. The number of aliphatic hydroxyl groups excluding tert-OH is 1. The number of carbonyl (C=O) groups is 4. The quantitative estimate of drug-likeness (QED) is 0.0222. The van der Waals surface area contributed by atoms with Crippen LogP contribution in [-0.2, 0) is 65.4 Å². The fraction of sp³-hybridized carbons (Fsp3) is 0.953. The Morgan fingerprint density at radius 3 is 0.654 bits per heavy atom. The van der Waals surface area contributed by atoms with Gasteiger partial charge in [-0.2, -0.15) is 0 Å². The Morgan fingerprint density at radius 1 is 0.260 bits per heavy atom. The lowest BCUT2D eigenvalue weighted by atomic mass is 10.0. The Morgan fingerprint density at radius 2 is 0.442 bits per heavy atom. The van der Waals surface area contributed by atoms with Gasteiger partial charge in [-0.1, -0.05) is 401 Å². The predicted octanol–water partition coefficient (Wildman–Crippen LogP) is 25.8. The summed E-state index contributed by atoms with van der Waals surface area (Å²) in [6, 6.07) is 0. The molecule has 0 heterocycles. The molecule has 5 atom stereocenters. The first-order valence-electron chi connectivity index (χ1n) is 44.0. The second-order valence-corrected chi connectivity index (χ2v) is 34.4. The maximum atomic E-state index is 13.1. The molecule has 0 fully saturated rings. The molecule has 0 saturated heterocycles. The van der Waals surface area contributed by atoms with Crippen LogP contribution in [0.2, 0.25) is 0 Å². The average Bonchev–Trinajstić information content (AvgIpc) is 0.908. The van der Waals surface area contributed by atoms with Gasteiger partial charge in [0, 0.05) is 25.7 Å². The molecule has 0 bridgehead atoms. The standard InChI is InChI=1S/C85H166O17P2/c1-7-9-11-13-15-17-19-21-23-25-27-29-31-33-37-43-49-55-61-67-82(87)95-73-80(101-84(89)69-63-57-51-44-38-34-32-30-28-26-24-22-20-18-16-14-12-10-8-2)75-99-103(91,92)97-71-79(86)72-98-104(93,94)100-76-81(74-96-83(88)68-62-56-50-46-40-42-48-54-60-66-78(5)6)102-85(90)70-64-58-52-45-39-35-36-41-47-53-59-65-77(3)4/h77-81,86H,7-76H2,1-6H3,(H,91,92)(H,93,94)/t79-,80-,81-/m1/s1. The molecule has 0 rings (SSSR count). The highest BCUT2D eigenvalue weighted by Gasteiger charge is 2.30. The molecule has 0 aliphatic carbocycles. The molecule has 0 aliphatic heterocycles. The highest BCUT2D eigenvalue weighted by atomic mass is 31.2. The molecule has 0 amide bonds. The molecular formula is C85H166O17P2. The fourth-order valence-electron chi connectivity index (χ4n) is 13.2. The summed E-state index contributed by atoms with van der Waals surface area (Å²) >= 11 is 0. The minimum Gasteiger partial charge on any atom is -0.462 e. The highest BCUT2D eigenvalue weighted by molar-refractivity contribution is 7.47. The zero-order chi connectivity index (χ0) is 76.4. The van der Waals surface area contributed by atoms with Crippen molar-refractivity contribution < 1.29 is 80.2 Å². The smallest absolute Gasteiger partial charge is 0.462 e. The van der Waals surface area contributed by atoms with E-state index in [0.717, 1.165) is 102 Å². The van der Waals surface area contributed by atoms with Gasteiger partial charge in [-0.05, 0) is 37.5 Å². The molecular weight excluding hydrogens is 1350 g/mol. The third kappa shape index (κ3) is 78.2. The summed E-state index contributed by atoms with van der Waals surface area (Å²) in [5.41, 5.74) is 0. The van der Waals surface area contributed by atoms with E-state index in [1.165, 1.54) is 270 Å². The van der Waals surface area contributed by atoms with Crippen LogP contribution in [-0.4, -0.2) is 96.7 Å². The van der Waals surface area contributed by atoms with Crippen LogP contribution in [0.3, 0.4) is 0 Å². The fourth-order valence-corrected chi connectivity index (χ4v) is 14.8. The van der Waals surface area contributed by atoms with Crippen LogP contribution in [0.25, 0.3) is 0 Å². The van der Waals surface area contributed by atoms with E-state index < -0.39 is 97.5 Å². The molecule has 17 nitrogen and oxygen atoms in total. The number of aliphatic hydroxyl groups is 1. The largest absolute Gasteiger partial charge is 0.472 e. The van der Waals surface area contributed by atoms with Gasteiger partial charge in [-0.3, -0.25) is 37.3 Å². The first-order chi connectivity index (χ1) is 50.4. The monoisotopic (exact) mass is 1520 g/mol. The van der Waals surface area contributed by atoms with Gasteiger partial charge < -0.3 is 33.8 Å². The normalized spacial score (nSPS) is 13.8. The van der Waals surface area contributed by atoms with E-state index in [0.29, 0.717) is 25.7 Å². The van der Waals surface area contributed by atoms with Gasteiger partial charge in [0.15, 0.2) is 12.2 Å². The molecule has 0 aromatic carbocycles. The molecule has 0 radical (unpaired) electrons. The Kier molecular flexibility index (Phi) is 75.0. The molecule has 19 heteroatoms. The van der Waals surface area contributed by atoms with E-state index in [9.17, 15) is 43.2 Å². The number of phosphoric ester groups is 2. The third-order valence-electron chi connectivity index (χ3n) is 20.0. The summed E-state index contributed by atoms with van der Waals surface area (Å²) in [5.74, 6) is -0.595. The summed E-state index contributed by atoms with van der Waals surface area (Å²) in [7, 11) is -9.93. The number of ether oxygens (including phenoxy) is 4. The van der Waals surface area contributed by atoms with Crippen molar-refractivity contribution in [1.29, 1.82) is 0 Å². The predicted molar refractivity (Wildman–Crippen MR) is 428 cm³/mol. The number of carbonyl (C=O) groups excluding carboxylic acids is 4. The van der Waals surface area contributed by atoms with Crippen molar-refractivity contribution in [2.45, 2.75) is 471 Å². The Hall–Kier alpha value is -1.94. The second-order valence-electron chi connectivity index (χ2n) is 31.5. The zero-order valence-corrected chi connectivity index (χ0v) is 70.1. The molecule has 0 aliphatic rings.